The Morgan fingerprint density at radius 2 is 1.86 bits per heavy atom. The maximum Gasteiger partial charge on any atom is 0.305 e. The first-order valence-electron chi connectivity index (χ1n) is 8.77. The molecule has 0 aliphatic carbocycles. The molecule has 5 nitrogen and oxygen atoms in total. The topological polar surface area (TPSA) is 94.8 Å². The molecule has 0 radical (unpaired) electrons. The molecule has 2 rings (SSSR count). The van der Waals surface area contributed by atoms with Gasteiger partial charge in [-0.25, -0.2) is 4.39 Å². The van der Waals surface area contributed by atoms with Gasteiger partial charge < -0.3 is 15.1 Å². The number of carbonyl (C=O) groups is 1. The van der Waals surface area contributed by atoms with E-state index in [1.807, 2.05) is 26.0 Å². The number of rotatable bonds is 7. The number of aliphatic carboxylic acids is 1. The lowest BCUT2D eigenvalue weighted by atomic mass is 9.93. The van der Waals surface area contributed by atoms with E-state index >= 15 is 0 Å². The number of hydrogen-bond acceptors (Lipinski definition) is 3. The van der Waals surface area contributed by atoms with Crippen molar-refractivity contribution in [3.63, 3.8) is 0 Å². The number of halogens is 1. The molecule has 0 saturated heterocycles. The molecule has 0 fully saturated rings. The van der Waals surface area contributed by atoms with Crippen LogP contribution in [0.3, 0.4) is 0 Å². The summed E-state index contributed by atoms with van der Waals surface area (Å²) in [5.41, 5.74) is 4.65. The molecule has 2 unspecified atom stereocenters. The van der Waals surface area contributed by atoms with Crippen molar-refractivity contribution in [1.82, 2.24) is 0 Å². The van der Waals surface area contributed by atoms with Crippen LogP contribution < -0.4 is 0 Å². The van der Waals surface area contributed by atoms with Gasteiger partial charge in [0.25, 0.3) is 0 Å². The van der Waals surface area contributed by atoms with E-state index in [0.717, 1.165) is 28.1 Å². The molecule has 0 aliphatic rings. The summed E-state index contributed by atoms with van der Waals surface area (Å²) in [5.74, 6) is -0.423. The number of aliphatic hydroxyl groups is 1. The Morgan fingerprint density at radius 3 is 2.46 bits per heavy atom. The van der Waals surface area contributed by atoms with Gasteiger partial charge in [-0.1, -0.05) is 23.8 Å². The average Bonchev–Trinajstić information content (AvgIpc) is 2.54. The molecule has 28 heavy (non-hydrogen) atoms. The molecule has 0 saturated carbocycles. The third kappa shape index (κ3) is 5.86. The Labute approximate surface area is 163 Å². The Kier molecular flexibility index (Phi) is 6.94. The van der Waals surface area contributed by atoms with Crippen molar-refractivity contribution >= 4 is 19.4 Å². The number of carboxylic acid groups (broad SMARTS) is 1. The zero-order chi connectivity index (χ0) is 21.1. The molecule has 3 N–H and O–H groups in total. The monoisotopic (exact) mass is 406 g/mol. The van der Waals surface area contributed by atoms with Gasteiger partial charge in [0.05, 0.1) is 18.7 Å². The van der Waals surface area contributed by atoms with Crippen molar-refractivity contribution in [2.45, 2.75) is 33.3 Å². The zero-order valence-corrected chi connectivity index (χ0v) is 16.9. The smallest absolute Gasteiger partial charge is 0.305 e. The normalized spacial score (nSPS) is 14.8. The van der Waals surface area contributed by atoms with E-state index in [9.17, 15) is 23.7 Å². The van der Waals surface area contributed by atoms with Crippen molar-refractivity contribution in [3.05, 3.63) is 64.2 Å². The summed E-state index contributed by atoms with van der Waals surface area (Å²) in [6.45, 7) is 5.47. The van der Waals surface area contributed by atoms with E-state index in [2.05, 4.69) is 0 Å². The van der Waals surface area contributed by atoms with Gasteiger partial charge in [-0.15, -0.1) is 0 Å². The SMILES string of the molecule is Cc1cc(C)c(C=CP(=O)(O)CC(O)CC(=O)O)c(-c2ccc(F)c(C)c2)c1. The summed E-state index contributed by atoms with van der Waals surface area (Å²) < 4.78 is 26.0. The van der Waals surface area contributed by atoms with Gasteiger partial charge in [-0.05, 0) is 66.8 Å². The quantitative estimate of drug-likeness (QED) is 0.589. The molecular formula is C21H24FO5P. The third-order valence-electron chi connectivity index (χ3n) is 4.36. The van der Waals surface area contributed by atoms with Gasteiger partial charge in [-0.2, -0.15) is 0 Å². The lowest BCUT2D eigenvalue weighted by molar-refractivity contribution is -0.138. The standard InChI is InChI=1S/C21H24FO5P/c1-13-8-14(2)18(6-7-28(26,27)12-17(23)11-21(24)25)19(9-13)16-4-5-20(22)15(3)10-16/h4-10,17,23H,11-12H2,1-3H3,(H,24,25)(H,26,27). The number of aryl methyl sites for hydroxylation is 3. The van der Waals surface area contributed by atoms with E-state index in [-0.39, 0.29) is 5.82 Å². The minimum Gasteiger partial charge on any atom is -0.481 e. The maximum atomic E-state index is 13.6. The van der Waals surface area contributed by atoms with Crippen molar-refractivity contribution in [3.8, 4) is 11.1 Å². The van der Waals surface area contributed by atoms with Crippen molar-refractivity contribution in [2.75, 3.05) is 6.16 Å². The molecule has 0 aliphatic heterocycles. The highest BCUT2D eigenvalue weighted by Crippen LogP contribution is 2.44. The fourth-order valence-electron chi connectivity index (χ4n) is 3.07. The molecule has 0 heterocycles. The summed E-state index contributed by atoms with van der Waals surface area (Å²) >= 11 is 0. The van der Waals surface area contributed by atoms with Crippen LogP contribution in [0.1, 0.15) is 28.7 Å². The van der Waals surface area contributed by atoms with E-state index in [1.54, 1.807) is 19.1 Å². The molecule has 7 heteroatoms. The molecule has 150 valence electrons. The van der Waals surface area contributed by atoms with Gasteiger partial charge in [0.15, 0.2) is 0 Å². The van der Waals surface area contributed by atoms with Crippen LogP contribution in [-0.2, 0) is 9.36 Å². The second kappa shape index (κ2) is 8.82. The summed E-state index contributed by atoms with van der Waals surface area (Å²) in [6.07, 6.45) is -1.03. The predicted molar refractivity (Wildman–Crippen MR) is 108 cm³/mol. The first-order valence-corrected chi connectivity index (χ1v) is 10.7. The van der Waals surface area contributed by atoms with Crippen LogP contribution in [0.5, 0.6) is 0 Å². The molecule has 0 amide bonds. The number of carboxylic acids is 1. The van der Waals surface area contributed by atoms with Crippen molar-refractivity contribution in [2.24, 2.45) is 0 Å². The lowest BCUT2D eigenvalue weighted by Crippen LogP contribution is -2.16. The number of benzene rings is 2. The molecule has 0 bridgehead atoms. The van der Waals surface area contributed by atoms with Crippen LogP contribution in [0.15, 0.2) is 36.1 Å². The van der Waals surface area contributed by atoms with Crippen molar-refractivity contribution in [1.29, 1.82) is 0 Å². The van der Waals surface area contributed by atoms with Gasteiger partial charge in [-0.3, -0.25) is 9.36 Å². The molecule has 2 aromatic carbocycles. The van der Waals surface area contributed by atoms with Crippen LogP contribution in [0.25, 0.3) is 17.2 Å². The molecule has 0 spiro atoms. The Hall–Kier alpha value is -2.27. The molecule has 2 atom stereocenters. The van der Waals surface area contributed by atoms with Gasteiger partial charge >= 0.3 is 5.97 Å². The average molecular weight is 406 g/mol. The number of hydrogen-bond donors (Lipinski definition) is 3. The first kappa shape index (κ1) is 22.0. The molecule has 2 aromatic rings. The first-order chi connectivity index (χ1) is 13.0. The Bertz CT molecular complexity index is 968. The second-order valence-corrected chi connectivity index (χ2v) is 9.19. The van der Waals surface area contributed by atoms with E-state index in [0.29, 0.717) is 11.1 Å². The fourth-order valence-corrected chi connectivity index (χ4v) is 4.31. The van der Waals surface area contributed by atoms with Crippen molar-refractivity contribution < 1.29 is 28.9 Å². The van der Waals surface area contributed by atoms with Crippen LogP contribution in [0.2, 0.25) is 0 Å². The summed E-state index contributed by atoms with van der Waals surface area (Å²) in [6, 6.07) is 8.61. The lowest BCUT2D eigenvalue weighted by Gasteiger charge is -2.14. The maximum absolute atomic E-state index is 13.6. The highest BCUT2D eigenvalue weighted by atomic mass is 31.2. The van der Waals surface area contributed by atoms with Gasteiger partial charge in [0.2, 0.25) is 7.37 Å². The predicted octanol–water partition coefficient (Wildman–Crippen LogP) is 4.49. The van der Waals surface area contributed by atoms with Crippen LogP contribution in [0.4, 0.5) is 4.39 Å². The molecule has 0 aromatic heterocycles. The minimum absolute atomic E-state index is 0.308. The third-order valence-corrected chi connectivity index (χ3v) is 5.92. The highest BCUT2D eigenvalue weighted by molar-refractivity contribution is 7.61. The summed E-state index contributed by atoms with van der Waals surface area (Å²) in [4.78, 5) is 20.7. The summed E-state index contributed by atoms with van der Waals surface area (Å²) in [7, 11) is -3.88. The second-order valence-electron chi connectivity index (χ2n) is 7.01. The van der Waals surface area contributed by atoms with Gasteiger partial charge in [0.1, 0.15) is 5.82 Å². The highest BCUT2D eigenvalue weighted by Gasteiger charge is 2.22. The fraction of sp³-hybridized carbons (Fsp3) is 0.286. The largest absolute Gasteiger partial charge is 0.481 e. The van der Waals surface area contributed by atoms with Crippen LogP contribution in [0, 0.1) is 26.6 Å². The van der Waals surface area contributed by atoms with E-state index < -0.39 is 32.0 Å². The summed E-state index contributed by atoms with van der Waals surface area (Å²) in [5, 5.41) is 18.3. The van der Waals surface area contributed by atoms with Crippen LogP contribution in [-0.4, -0.2) is 33.3 Å². The Balaban J connectivity index is 2.42. The van der Waals surface area contributed by atoms with Gasteiger partial charge in [0, 0.05) is 5.82 Å². The molecular weight excluding hydrogens is 382 g/mol. The minimum atomic E-state index is -3.88. The van der Waals surface area contributed by atoms with E-state index in [4.69, 9.17) is 5.11 Å². The zero-order valence-electron chi connectivity index (χ0n) is 16.0. The number of aliphatic hydroxyl groups excluding tert-OH is 1. The Morgan fingerprint density at radius 1 is 1.18 bits per heavy atom. The van der Waals surface area contributed by atoms with Crippen LogP contribution >= 0.6 is 7.37 Å². The van der Waals surface area contributed by atoms with E-state index in [1.165, 1.54) is 12.1 Å².